The van der Waals surface area contributed by atoms with E-state index in [1.54, 1.807) is 6.20 Å². The average Bonchev–Trinajstić information content (AvgIpc) is 3.50. The first-order valence-corrected chi connectivity index (χ1v) is 13.7. The van der Waals surface area contributed by atoms with E-state index >= 15 is 0 Å². The molecule has 2 aromatic heterocycles. The zero-order valence-corrected chi connectivity index (χ0v) is 20.8. The zero-order chi connectivity index (χ0) is 24.7. The van der Waals surface area contributed by atoms with Crippen molar-refractivity contribution in [3.05, 3.63) is 81.0 Å². The summed E-state index contributed by atoms with van der Waals surface area (Å²) in [7, 11) is 0. The van der Waals surface area contributed by atoms with Gasteiger partial charge >= 0.3 is 0 Å². The number of carbonyl (C=O) groups excluding carboxylic acids is 1. The fourth-order valence-electron chi connectivity index (χ4n) is 7.98. The molecule has 37 heavy (non-hydrogen) atoms. The number of ether oxygens (including phenoxy) is 1. The Hall–Kier alpha value is -3.45. The standard InChI is InChI=1S/C30H30N4O3/c35-28-25-17-31-27(19-8-13-37-14-9-19)34(25)24-16-20-21(15-23(24)32-28)29(36)33-12-4-11-30(26(20)33)10-3-6-18-5-1-2-7-22(18)30/h1-2,5,7,15-17,19,26H,3-4,6,8-14H2,(H,32,35). The molecule has 3 aliphatic heterocycles. The van der Waals surface area contributed by atoms with Gasteiger partial charge in [0.25, 0.3) is 11.5 Å². The van der Waals surface area contributed by atoms with Crippen molar-refractivity contribution < 1.29 is 9.53 Å². The predicted octanol–water partition coefficient (Wildman–Crippen LogP) is 4.63. The van der Waals surface area contributed by atoms with Crippen LogP contribution < -0.4 is 5.56 Å². The molecule has 2 saturated heterocycles. The number of carbonyl (C=O) groups is 1. The molecular weight excluding hydrogens is 464 g/mol. The van der Waals surface area contributed by atoms with Crippen LogP contribution in [0.3, 0.4) is 0 Å². The first-order valence-electron chi connectivity index (χ1n) is 13.7. The molecule has 2 atom stereocenters. The highest BCUT2D eigenvalue weighted by Gasteiger charge is 2.54. The Morgan fingerprint density at radius 2 is 1.86 bits per heavy atom. The second-order valence-corrected chi connectivity index (χ2v) is 11.3. The summed E-state index contributed by atoms with van der Waals surface area (Å²) in [6.07, 6.45) is 8.94. The number of nitrogens with one attached hydrogen (secondary N) is 1. The van der Waals surface area contributed by atoms with Crippen LogP contribution in [-0.2, 0) is 16.6 Å². The van der Waals surface area contributed by atoms with E-state index in [2.05, 4.69) is 44.6 Å². The maximum Gasteiger partial charge on any atom is 0.274 e. The van der Waals surface area contributed by atoms with Gasteiger partial charge in [-0.3, -0.25) is 14.0 Å². The highest BCUT2D eigenvalue weighted by molar-refractivity contribution is 6.03. The summed E-state index contributed by atoms with van der Waals surface area (Å²) < 4.78 is 7.65. The van der Waals surface area contributed by atoms with Crippen LogP contribution in [-0.4, -0.2) is 44.9 Å². The van der Waals surface area contributed by atoms with E-state index in [9.17, 15) is 9.59 Å². The van der Waals surface area contributed by atoms with Crippen LogP contribution in [0, 0.1) is 0 Å². The van der Waals surface area contributed by atoms with E-state index in [0.29, 0.717) is 24.2 Å². The topological polar surface area (TPSA) is 79.7 Å². The Labute approximate surface area is 214 Å². The molecule has 188 valence electrons. The van der Waals surface area contributed by atoms with E-state index in [1.807, 2.05) is 6.07 Å². The van der Waals surface area contributed by atoms with Gasteiger partial charge in [-0.15, -0.1) is 0 Å². The Balaban J connectivity index is 1.39. The Kier molecular flexibility index (Phi) is 4.54. The molecule has 1 amide bonds. The summed E-state index contributed by atoms with van der Waals surface area (Å²) in [5.74, 6) is 1.27. The molecule has 4 aliphatic rings. The smallest absolute Gasteiger partial charge is 0.274 e. The molecule has 5 heterocycles. The van der Waals surface area contributed by atoms with Crippen LogP contribution in [0.5, 0.6) is 0 Å². The van der Waals surface area contributed by atoms with E-state index < -0.39 is 0 Å². The number of H-pyrrole nitrogens is 1. The first kappa shape index (κ1) is 21.6. The molecule has 2 unspecified atom stereocenters. The van der Waals surface area contributed by atoms with Crippen molar-refractivity contribution in [3.63, 3.8) is 0 Å². The number of benzene rings is 2. The lowest BCUT2D eigenvalue weighted by Gasteiger charge is -2.50. The van der Waals surface area contributed by atoms with Gasteiger partial charge in [0.05, 0.1) is 23.3 Å². The summed E-state index contributed by atoms with van der Waals surface area (Å²) in [5, 5.41) is 0. The van der Waals surface area contributed by atoms with Crippen molar-refractivity contribution in [1.82, 2.24) is 19.3 Å². The summed E-state index contributed by atoms with van der Waals surface area (Å²) in [5.41, 5.74) is 6.67. The third kappa shape index (κ3) is 2.89. The Morgan fingerprint density at radius 3 is 2.76 bits per heavy atom. The molecule has 2 fully saturated rings. The van der Waals surface area contributed by atoms with Gasteiger partial charge in [0.2, 0.25) is 0 Å². The second kappa shape index (κ2) is 7.78. The number of aromatic amines is 1. The molecule has 7 heteroatoms. The van der Waals surface area contributed by atoms with Gasteiger partial charge < -0.3 is 14.6 Å². The summed E-state index contributed by atoms with van der Waals surface area (Å²) >= 11 is 0. The molecule has 1 aliphatic carbocycles. The largest absolute Gasteiger partial charge is 0.381 e. The predicted molar refractivity (Wildman–Crippen MR) is 140 cm³/mol. The van der Waals surface area contributed by atoms with Gasteiger partial charge in [0, 0.05) is 36.7 Å². The van der Waals surface area contributed by atoms with Gasteiger partial charge in [-0.25, -0.2) is 4.98 Å². The number of amides is 1. The van der Waals surface area contributed by atoms with Crippen LogP contribution in [0.4, 0.5) is 0 Å². The minimum Gasteiger partial charge on any atom is -0.381 e. The van der Waals surface area contributed by atoms with Crippen LogP contribution >= 0.6 is 0 Å². The SMILES string of the molecule is O=C1c2cc3[nH]c(=O)c4cnc(C5CCOCC5)n4c3cc2C2N1CCCC21CCCc2ccccc21. The highest BCUT2D eigenvalue weighted by Crippen LogP contribution is 2.57. The number of aromatic nitrogens is 3. The van der Waals surface area contributed by atoms with Crippen LogP contribution in [0.25, 0.3) is 16.6 Å². The van der Waals surface area contributed by atoms with Crippen LogP contribution in [0.2, 0.25) is 0 Å². The molecule has 1 N–H and O–H groups in total. The van der Waals surface area contributed by atoms with Crippen molar-refractivity contribution in [3.8, 4) is 0 Å². The maximum absolute atomic E-state index is 13.8. The van der Waals surface area contributed by atoms with Gasteiger partial charge in [-0.2, -0.15) is 0 Å². The quantitative estimate of drug-likeness (QED) is 0.418. The zero-order valence-electron chi connectivity index (χ0n) is 20.8. The van der Waals surface area contributed by atoms with Crippen molar-refractivity contribution in [2.75, 3.05) is 19.8 Å². The molecule has 7 nitrogen and oxygen atoms in total. The number of piperidine rings is 1. The molecule has 1 spiro atoms. The molecule has 0 bridgehead atoms. The molecule has 8 rings (SSSR count). The number of rotatable bonds is 1. The number of nitrogens with zero attached hydrogens (tertiary/aromatic N) is 3. The Bertz CT molecular complexity index is 1650. The van der Waals surface area contributed by atoms with Crippen molar-refractivity contribution in [2.45, 2.75) is 62.3 Å². The number of hydrogen-bond donors (Lipinski definition) is 1. The normalized spacial score (nSPS) is 25.6. The minimum absolute atomic E-state index is 0.0200. The number of hydrogen-bond acceptors (Lipinski definition) is 4. The van der Waals surface area contributed by atoms with Crippen molar-refractivity contribution >= 4 is 22.5 Å². The van der Waals surface area contributed by atoms with E-state index in [1.165, 1.54) is 11.1 Å². The van der Waals surface area contributed by atoms with Gasteiger partial charge in [0.15, 0.2) is 0 Å². The first-order chi connectivity index (χ1) is 18.2. The number of imidazole rings is 1. The molecule has 0 radical (unpaired) electrons. The van der Waals surface area contributed by atoms with Gasteiger partial charge in [-0.1, -0.05) is 24.3 Å². The fourth-order valence-corrected chi connectivity index (χ4v) is 7.98. The Morgan fingerprint density at radius 1 is 1.03 bits per heavy atom. The molecule has 0 saturated carbocycles. The molecule has 2 aromatic carbocycles. The summed E-state index contributed by atoms with van der Waals surface area (Å²) in [6.45, 7) is 2.20. The van der Waals surface area contributed by atoms with E-state index in [-0.39, 0.29) is 28.8 Å². The monoisotopic (exact) mass is 494 g/mol. The van der Waals surface area contributed by atoms with Crippen molar-refractivity contribution in [1.29, 1.82) is 0 Å². The third-order valence-corrected chi connectivity index (χ3v) is 9.53. The van der Waals surface area contributed by atoms with Crippen molar-refractivity contribution in [2.24, 2.45) is 0 Å². The van der Waals surface area contributed by atoms with Crippen LogP contribution in [0.1, 0.15) is 83.4 Å². The summed E-state index contributed by atoms with van der Waals surface area (Å²) in [4.78, 5) is 36.8. The van der Waals surface area contributed by atoms with E-state index in [4.69, 9.17) is 9.72 Å². The second-order valence-electron chi connectivity index (χ2n) is 11.3. The highest BCUT2D eigenvalue weighted by atomic mass is 16.5. The van der Waals surface area contributed by atoms with Gasteiger partial charge in [0.1, 0.15) is 11.3 Å². The number of fused-ring (bicyclic) bond motifs is 9. The lowest BCUT2D eigenvalue weighted by Crippen LogP contribution is -2.49. The fraction of sp³-hybridized carbons (Fsp3) is 0.433. The average molecular weight is 495 g/mol. The number of aryl methyl sites for hydroxylation is 1. The van der Waals surface area contributed by atoms with Crippen LogP contribution in [0.15, 0.2) is 47.4 Å². The molecular formula is C30H30N4O3. The van der Waals surface area contributed by atoms with Gasteiger partial charge in [-0.05, 0) is 73.8 Å². The minimum atomic E-state index is -0.167. The van der Waals surface area contributed by atoms with E-state index in [0.717, 1.165) is 74.0 Å². The third-order valence-electron chi connectivity index (χ3n) is 9.53. The molecule has 4 aromatic rings. The maximum atomic E-state index is 13.8. The lowest BCUT2D eigenvalue weighted by atomic mass is 9.60. The summed E-state index contributed by atoms with van der Waals surface area (Å²) in [6, 6.07) is 13.0. The lowest BCUT2D eigenvalue weighted by molar-refractivity contribution is 0.0444.